The monoisotopic (exact) mass is 308 g/mol. The van der Waals surface area contributed by atoms with Gasteiger partial charge in [0.05, 0.1) is 0 Å². The minimum atomic E-state index is -4.55. The lowest BCUT2D eigenvalue weighted by molar-refractivity contribution is -0.272. The highest BCUT2D eigenvalue weighted by Gasteiger charge is 2.55. The van der Waals surface area contributed by atoms with Crippen molar-refractivity contribution in [1.29, 1.82) is 0 Å². The standard InChI is InChI=1S/C14H23F3N2O2/c1-9-8-10(12(18)20)4-7-19(9)11-2-5-13(21,6-3-11)14(15,16)17/h9-11,21H,2-8H2,1H3,(H2,18,20)/t9?,10-,11?,13?/m0/s1. The summed E-state index contributed by atoms with van der Waals surface area (Å²) in [6.45, 7) is 2.67. The van der Waals surface area contributed by atoms with Gasteiger partial charge in [-0.2, -0.15) is 13.2 Å². The molecule has 0 bridgehead atoms. The number of hydrogen-bond acceptors (Lipinski definition) is 3. The zero-order chi connectivity index (χ0) is 15.8. The Kier molecular flexibility index (Phi) is 4.54. The fraction of sp³-hybridized carbons (Fsp3) is 0.929. The van der Waals surface area contributed by atoms with Gasteiger partial charge in [0.25, 0.3) is 0 Å². The summed E-state index contributed by atoms with van der Waals surface area (Å²) in [4.78, 5) is 13.4. The second-order valence-electron chi connectivity index (χ2n) is 6.47. The third kappa shape index (κ3) is 3.34. The second-order valence-corrected chi connectivity index (χ2v) is 6.47. The first-order valence-corrected chi connectivity index (χ1v) is 7.48. The van der Waals surface area contributed by atoms with Gasteiger partial charge in [-0.25, -0.2) is 0 Å². The summed E-state index contributed by atoms with van der Waals surface area (Å²) >= 11 is 0. The molecular formula is C14H23F3N2O2. The Bertz CT molecular complexity index is 392. The van der Waals surface area contributed by atoms with Gasteiger partial charge in [0, 0.05) is 18.0 Å². The van der Waals surface area contributed by atoms with Crippen LogP contribution in [0.3, 0.4) is 0 Å². The lowest BCUT2D eigenvalue weighted by Crippen LogP contribution is -2.54. The predicted octanol–water partition coefficient (Wildman–Crippen LogP) is 1.81. The number of halogens is 3. The van der Waals surface area contributed by atoms with Crippen molar-refractivity contribution < 1.29 is 23.1 Å². The molecule has 1 saturated heterocycles. The van der Waals surface area contributed by atoms with Crippen LogP contribution in [-0.4, -0.2) is 46.3 Å². The number of aliphatic hydroxyl groups is 1. The number of hydrogen-bond donors (Lipinski definition) is 2. The SMILES string of the molecule is CC1C[C@@H](C(N)=O)CCN1C1CCC(O)(C(F)(F)F)CC1. The highest BCUT2D eigenvalue weighted by molar-refractivity contribution is 5.76. The molecule has 0 aromatic carbocycles. The Labute approximate surface area is 122 Å². The number of nitrogens with two attached hydrogens (primary N) is 1. The van der Waals surface area contributed by atoms with Gasteiger partial charge >= 0.3 is 6.18 Å². The second kappa shape index (κ2) is 5.76. The van der Waals surface area contributed by atoms with Gasteiger partial charge in [-0.3, -0.25) is 9.69 Å². The first kappa shape index (κ1) is 16.5. The number of likely N-dealkylation sites (tertiary alicyclic amines) is 1. The average Bonchev–Trinajstić information content (AvgIpc) is 2.38. The fourth-order valence-corrected chi connectivity index (χ4v) is 3.69. The van der Waals surface area contributed by atoms with Crippen LogP contribution in [0, 0.1) is 5.92 Å². The van der Waals surface area contributed by atoms with Gasteiger partial charge in [0.1, 0.15) is 0 Å². The van der Waals surface area contributed by atoms with Crippen LogP contribution in [0.25, 0.3) is 0 Å². The number of primary amides is 1. The van der Waals surface area contributed by atoms with Gasteiger partial charge in [-0.05, 0) is 52.0 Å². The quantitative estimate of drug-likeness (QED) is 0.817. The highest BCUT2D eigenvalue weighted by Crippen LogP contribution is 2.43. The Balaban J connectivity index is 1.93. The number of rotatable bonds is 2. The number of carbonyl (C=O) groups excluding carboxylic acids is 1. The van der Waals surface area contributed by atoms with Gasteiger partial charge in [0.2, 0.25) is 5.91 Å². The maximum atomic E-state index is 12.8. The smallest absolute Gasteiger partial charge is 0.380 e. The van der Waals surface area contributed by atoms with E-state index in [0.717, 1.165) is 0 Å². The lowest BCUT2D eigenvalue weighted by Gasteiger charge is -2.46. The molecule has 3 N–H and O–H groups in total. The molecule has 2 aliphatic rings. The van der Waals surface area contributed by atoms with Crippen LogP contribution >= 0.6 is 0 Å². The zero-order valence-corrected chi connectivity index (χ0v) is 12.2. The molecule has 0 aromatic heterocycles. The largest absolute Gasteiger partial charge is 0.417 e. The minimum Gasteiger partial charge on any atom is -0.380 e. The topological polar surface area (TPSA) is 66.6 Å². The maximum absolute atomic E-state index is 12.8. The van der Waals surface area contributed by atoms with Crippen molar-refractivity contribution in [2.24, 2.45) is 11.7 Å². The number of alkyl halides is 3. The molecule has 21 heavy (non-hydrogen) atoms. The summed E-state index contributed by atoms with van der Waals surface area (Å²) < 4.78 is 38.4. The van der Waals surface area contributed by atoms with E-state index in [1.165, 1.54) is 0 Å². The van der Waals surface area contributed by atoms with Crippen molar-refractivity contribution in [2.45, 2.75) is 69.3 Å². The van der Waals surface area contributed by atoms with E-state index in [0.29, 0.717) is 32.2 Å². The van der Waals surface area contributed by atoms with Crippen LogP contribution in [0.1, 0.15) is 45.4 Å². The molecule has 2 fully saturated rings. The molecule has 0 aromatic rings. The van der Waals surface area contributed by atoms with Gasteiger partial charge in [-0.15, -0.1) is 0 Å². The Morgan fingerprint density at radius 2 is 1.86 bits per heavy atom. The first-order chi connectivity index (χ1) is 9.64. The summed E-state index contributed by atoms with van der Waals surface area (Å²) in [5.74, 6) is -0.427. The van der Waals surface area contributed by atoms with E-state index in [-0.39, 0.29) is 36.8 Å². The molecule has 2 rings (SSSR count). The third-order valence-electron chi connectivity index (χ3n) is 5.11. The number of amides is 1. The summed E-state index contributed by atoms with van der Waals surface area (Å²) in [7, 11) is 0. The lowest BCUT2D eigenvalue weighted by atomic mass is 9.79. The van der Waals surface area contributed by atoms with E-state index in [9.17, 15) is 23.1 Å². The molecule has 122 valence electrons. The fourth-order valence-electron chi connectivity index (χ4n) is 3.69. The van der Waals surface area contributed by atoms with Gasteiger partial charge in [-0.1, -0.05) is 0 Å². The van der Waals surface area contributed by atoms with Crippen molar-refractivity contribution in [1.82, 2.24) is 4.90 Å². The summed E-state index contributed by atoms with van der Waals surface area (Å²) in [6, 6.07) is 0.190. The minimum absolute atomic E-state index is 0.0523. The van der Waals surface area contributed by atoms with Crippen LogP contribution in [0.2, 0.25) is 0 Å². The number of piperidine rings is 1. The molecule has 0 radical (unpaired) electrons. The average molecular weight is 308 g/mol. The van der Waals surface area contributed by atoms with E-state index in [2.05, 4.69) is 4.90 Å². The van der Waals surface area contributed by atoms with Crippen LogP contribution in [0.5, 0.6) is 0 Å². The normalized spacial score (nSPS) is 39.2. The van der Waals surface area contributed by atoms with Crippen LogP contribution < -0.4 is 5.73 Å². The molecule has 4 nitrogen and oxygen atoms in total. The molecule has 1 heterocycles. The summed E-state index contributed by atoms with van der Waals surface area (Å²) in [5, 5.41) is 9.70. The molecule has 7 heteroatoms. The molecule has 0 spiro atoms. The van der Waals surface area contributed by atoms with Crippen LogP contribution in [-0.2, 0) is 4.79 Å². The third-order valence-corrected chi connectivity index (χ3v) is 5.11. The molecule has 1 aliphatic heterocycles. The molecule has 2 atom stereocenters. The summed E-state index contributed by atoms with van der Waals surface area (Å²) in [5.41, 5.74) is 2.79. The van der Waals surface area contributed by atoms with Crippen molar-refractivity contribution >= 4 is 5.91 Å². The number of carbonyl (C=O) groups is 1. The zero-order valence-electron chi connectivity index (χ0n) is 12.2. The maximum Gasteiger partial charge on any atom is 0.417 e. The van der Waals surface area contributed by atoms with E-state index >= 15 is 0 Å². The van der Waals surface area contributed by atoms with E-state index < -0.39 is 11.8 Å². The highest BCUT2D eigenvalue weighted by atomic mass is 19.4. The van der Waals surface area contributed by atoms with Crippen molar-refractivity contribution in [3.63, 3.8) is 0 Å². The molecule has 1 amide bonds. The van der Waals surface area contributed by atoms with Crippen molar-refractivity contribution in [3.8, 4) is 0 Å². The summed E-state index contributed by atoms with van der Waals surface area (Å²) in [6.07, 6.45) is -3.05. The van der Waals surface area contributed by atoms with Crippen LogP contribution in [0.15, 0.2) is 0 Å². The Morgan fingerprint density at radius 1 is 1.29 bits per heavy atom. The molecular weight excluding hydrogens is 285 g/mol. The first-order valence-electron chi connectivity index (χ1n) is 7.48. The van der Waals surface area contributed by atoms with Gasteiger partial charge in [0.15, 0.2) is 5.60 Å². The van der Waals surface area contributed by atoms with E-state index in [1.807, 2.05) is 6.92 Å². The van der Waals surface area contributed by atoms with Crippen molar-refractivity contribution in [3.05, 3.63) is 0 Å². The molecule has 1 aliphatic carbocycles. The molecule has 1 saturated carbocycles. The molecule has 1 unspecified atom stereocenters. The van der Waals surface area contributed by atoms with E-state index in [1.54, 1.807) is 0 Å². The van der Waals surface area contributed by atoms with Crippen LogP contribution in [0.4, 0.5) is 13.2 Å². The Morgan fingerprint density at radius 3 is 2.29 bits per heavy atom. The number of nitrogens with zero attached hydrogens (tertiary/aromatic N) is 1. The van der Waals surface area contributed by atoms with Crippen molar-refractivity contribution in [2.75, 3.05) is 6.54 Å². The van der Waals surface area contributed by atoms with E-state index in [4.69, 9.17) is 5.73 Å². The predicted molar refractivity (Wildman–Crippen MR) is 71.3 cm³/mol. The van der Waals surface area contributed by atoms with Gasteiger partial charge < -0.3 is 10.8 Å². The Hall–Kier alpha value is -0.820.